The first-order valence-electron chi connectivity index (χ1n) is 27.2. The number of amides is 1. The molecule has 1 amide bonds. The number of phenolic OH excluding ortho intramolecular Hbond substituents is 1. The number of ketones is 1. The van der Waals surface area contributed by atoms with Gasteiger partial charge in [-0.05, 0) is 166 Å². The highest BCUT2D eigenvalue weighted by molar-refractivity contribution is 8.76. The highest BCUT2D eigenvalue weighted by atomic mass is 33.1. The molecule has 5 heterocycles. The topological polar surface area (TPSA) is 232 Å². The zero-order chi connectivity index (χ0) is 50.4. The van der Waals surface area contributed by atoms with E-state index < -0.39 is 91.7 Å². The van der Waals surface area contributed by atoms with E-state index in [4.69, 9.17) is 4.74 Å². The van der Waals surface area contributed by atoms with E-state index in [-0.39, 0.29) is 80.5 Å². The monoisotopic (exact) mass is 1020 g/mol. The van der Waals surface area contributed by atoms with Gasteiger partial charge in [-0.1, -0.05) is 67.9 Å². The second kappa shape index (κ2) is 17.8. The fraction of sp³-hybridized carbons (Fsp3) is 0.786. The van der Waals surface area contributed by atoms with Crippen molar-refractivity contribution in [2.45, 2.75) is 171 Å². The lowest BCUT2D eigenvalue weighted by Crippen LogP contribution is -2.70. The fourth-order valence-electron chi connectivity index (χ4n) is 18.8. The third kappa shape index (κ3) is 6.78. The molecule has 13 nitrogen and oxygen atoms in total. The molecule has 1 aromatic rings. The van der Waals surface area contributed by atoms with E-state index in [0.717, 1.165) is 22.8 Å². The second-order valence-corrected chi connectivity index (χ2v) is 27.6. The molecule has 5 saturated carbocycles. The van der Waals surface area contributed by atoms with Gasteiger partial charge in [-0.25, -0.2) is 0 Å². The lowest BCUT2D eigenvalue weighted by molar-refractivity contribution is -0.206. The lowest BCUT2D eigenvalue weighted by Gasteiger charge is -2.66. The number of aliphatic hydroxyl groups excluding tert-OH is 6. The molecule has 15 heteroatoms. The predicted octanol–water partition coefficient (Wildman–Crippen LogP) is 5.84. The van der Waals surface area contributed by atoms with Crippen molar-refractivity contribution < 1.29 is 60.3 Å². The van der Waals surface area contributed by atoms with Gasteiger partial charge in [-0.2, -0.15) is 0 Å². The molecule has 4 spiro atoms. The third-order valence-electron chi connectivity index (χ3n) is 22.5. The molecule has 7 aliphatic carbocycles. The van der Waals surface area contributed by atoms with E-state index in [1.54, 1.807) is 23.1 Å². The number of epoxide rings is 1. The Labute approximate surface area is 426 Å². The van der Waals surface area contributed by atoms with Crippen LogP contribution < -0.4 is 4.90 Å². The van der Waals surface area contributed by atoms with E-state index in [2.05, 4.69) is 32.9 Å². The van der Waals surface area contributed by atoms with Crippen LogP contribution in [0, 0.1) is 74.4 Å². The first-order valence-corrected chi connectivity index (χ1v) is 29.5. The maximum absolute atomic E-state index is 16.1. The number of phenols is 1. The summed E-state index contributed by atoms with van der Waals surface area (Å²) >= 11 is 0. The maximum Gasteiger partial charge on any atom is 0.234 e. The smallest absolute Gasteiger partial charge is 0.234 e. The summed E-state index contributed by atoms with van der Waals surface area (Å²) in [6.07, 6.45) is 8.02. The number of aryl methyl sites for hydroxylation is 1. The number of carbonyl (C=O) groups excluding carboxylic acids is 2. The minimum absolute atomic E-state index is 0.0138. The summed E-state index contributed by atoms with van der Waals surface area (Å²) < 4.78 is 6.51. The molecular weight excluding hydrogens is 943 g/mol. The number of fused-ring (bicyclic) bond motifs is 1. The fourth-order valence-corrected chi connectivity index (χ4v) is 21.8. The minimum atomic E-state index is -1.62. The van der Waals surface area contributed by atoms with Crippen LogP contribution in [0.2, 0.25) is 0 Å². The Morgan fingerprint density at radius 3 is 2.46 bits per heavy atom. The largest absolute Gasteiger partial charge is 0.508 e. The number of allylic oxidation sites excluding steroid dienone is 2. The second-order valence-electron chi connectivity index (χ2n) is 25.2. The van der Waals surface area contributed by atoms with E-state index >= 15 is 9.59 Å². The number of aromatic hydroxyl groups is 1. The summed E-state index contributed by atoms with van der Waals surface area (Å²) in [7, 11) is 2.53. The molecule has 0 unspecified atom stereocenters. The highest BCUT2D eigenvalue weighted by Gasteiger charge is 2.79. The van der Waals surface area contributed by atoms with Crippen LogP contribution in [0.15, 0.2) is 42.0 Å². The Morgan fingerprint density at radius 2 is 1.72 bits per heavy atom. The van der Waals surface area contributed by atoms with Crippen molar-refractivity contribution in [3.63, 3.8) is 0 Å². The molecule has 0 radical (unpaired) electrons. The molecule has 20 atom stereocenters. The zero-order valence-corrected chi connectivity index (χ0v) is 43.6. The van der Waals surface area contributed by atoms with Gasteiger partial charge in [-0.3, -0.25) is 9.59 Å². The van der Waals surface area contributed by atoms with Crippen LogP contribution in [0.5, 0.6) is 5.75 Å². The molecule has 13 rings (SSSR count). The SMILES string of the molecule is CC(C)[C@@H](C)[C@@H]1O[C@H]1[C@@]1(O)CC=C[C@H]2C[C@H]3C4=CC(=O)[C@@]5(C[C@@H](O)[C@@H](O)C[C@]35C)[C@@H](O)SSC[C@H]3CCC[C@@H](CO)[C@@]35C(=O)N(C[C@@]53CC[C@@H](CCCO)[C@@H]3O)c3cc(O)cc(c3)CC[C@]23[C@@H]1CC[C@@]43O. The van der Waals surface area contributed by atoms with Gasteiger partial charge in [0.25, 0.3) is 0 Å². The Balaban J connectivity index is 1.10. The number of ether oxygens (including phenoxy) is 1. The number of aliphatic hydroxyl groups is 8. The molecular formula is C56H79NO12S2. The molecule has 0 aromatic heterocycles. The Bertz CT molecular complexity index is 2350. The van der Waals surface area contributed by atoms with E-state index in [9.17, 15) is 46.0 Å². The third-order valence-corrected chi connectivity index (χ3v) is 25.1. The van der Waals surface area contributed by atoms with Crippen molar-refractivity contribution in [3.8, 4) is 5.75 Å². The number of anilines is 1. The van der Waals surface area contributed by atoms with Gasteiger partial charge in [0.05, 0.1) is 40.8 Å². The van der Waals surface area contributed by atoms with Crippen molar-refractivity contribution in [3.05, 3.63) is 47.6 Å². The molecule has 12 aliphatic rings. The number of benzene rings is 1. The average molecular weight is 1020 g/mol. The van der Waals surface area contributed by atoms with Gasteiger partial charge >= 0.3 is 0 Å². The van der Waals surface area contributed by atoms with Gasteiger partial charge in [0.1, 0.15) is 22.9 Å². The number of nitrogens with zero attached hydrogens (tertiary/aromatic N) is 1. The van der Waals surface area contributed by atoms with E-state index in [1.807, 2.05) is 13.0 Å². The van der Waals surface area contributed by atoms with Crippen LogP contribution in [0.3, 0.4) is 0 Å². The first kappa shape index (κ1) is 51.1. The van der Waals surface area contributed by atoms with Crippen molar-refractivity contribution in [1.29, 1.82) is 0 Å². The Hall–Kier alpha value is -2.02. The lowest BCUT2D eigenvalue weighted by atomic mass is 9.39. The standard InChI is InChI=1S/C56H79NO12S2/c1-30(2)31(3)45-47(69-45)54(67)15-6-11-34-22-39-40-24-44(63)53(26-42(62)41(61)25-50(39,53)4)49(66)71-70-28-36-10-5-9-35(27-59)56(36)48(65)57(29-51(56)16-13-33(46(51)64)8-7-19-58)37-20-32(21-38(60)23-37)12-17-52(34)43(54)14-18-55(40,52)68/h6,11,20-21,23-24,30-31,33-36,39,41-43,45-47,49,58-62,64,66-68H,5,7-10,12-19,22,25-29H2,1-4H3/t31-,33-,34+,35+,36-,39+,41+,42-,43+,45+,46+,47-,49+,50-,51-,52-,53+,54-,55-,56+/m1/s1. The van der Waals surface area contributed by atoms with Crippen LogP contribution in [0.4, 0.5) is 5.69 Å². The first-order chi connectivity index (χ1) is 33.7. The predicted molar refractivity (Wildman–Crippen MR) is 271 cm³/mol. The highest BCUT2D eigenvalue weighted by Crippen LogP contribution is 2.76. The van der Waals surface area contributed by atoms with Crippen molar-refractivity contribution in [2.75, 3.05) is 30.4 Å². The molecule has 5 aliphatic heterocycles. The summed E-state index contributed by atoms with van der Waals surface area (Å²) in [6.45, 7) is 8.32. The van der Waals surface area contributed by atoms with Crippen LogP contribution in [0.25, 0.3) is 0 Å². The summed E-state index contributed by atoms with van der Waals surface area (Å²) in [4.78, 5) is 33.4. The van der Waals surface area contributed by atoms with E-state index in [0.29, 0.717) is 93.6 Å². The van der Waals surface area contributed by atoms with Crippen LogP contribution in [-0.4, -0.2) is 130 Å². The van der Waals surface area contributed by atoms with Gasteiger partial charge in [0, 0.05) is 54.0 Å². The van der Waals surface area contributed by atoms with E-state index in [1.165, 1.54) is 10.8 Å². The van der Waals surface area contributed by atoms with Crippen molar-refractivity contribution >= 4 is 39.0 Å². The zero-order valence-electron chi connectivity index (χ0n) is 42.0. The molecule has 1 aromatic carbocycles. The Kier molecular flexibility index (Phi) is 12.8. The summed E-state index contributed by atoms with van der Waals surface area (Å²) in [5, 5.41) is 110. The summed E-state index contributed by atoms with van der Waals surface area (Å²) in [5.74, 6) is -2.11. The number of hydrogen-bond donors (Lipinski definition) is 9. The minimum Gasteiger partial charge on any atom is -0.508 e. The molecule has 71 heavy (non-hydrogen) atoms. The summed E-state index contributed by atoms with van der Waals surface area (Å²) in [6, 6.07) is 5.28. The maximum atomic E-state index is 16.1. The molecule has 2 saturated heterocycles. The van der Waals surface area contributed by atoms with Gasteiger partial charge in [-0.15, -0.1) is 0 Å². The van der Waals surface area contributed by atoms with Crippen LogP contribution in [-0.2, 0) is 20.7 Å². The number of hydrogen-bond acceptors (Lipinski definition) is 14. The van der Waals surface area contributed by atoms with Crippen molar-refractivity contribution in [1.82, 2.24) is 0 Å². The molecule has 9 N–H and O–H groups in total. The number of rotatable bonds is 7. The Morgan fingerprint density at radius 1 is 0.944 bits per heavy atom. The molecule has 8 bridgehead atoms. The van der Waals surface area contributed by atoms with Crippen LogP contribution >= 0.6 is 21.6 Å². The van der Waals surface area contributed by atoms with Crippen molar-refractivity contribution in [2.24, 2.45) is 74.4 Å². The summed E-state index contributed by atoms with van der Waals surface area (Å²) in [5.41, 5.74) is -8.49. The van der Waals surface area contributed by atoms with Gasteiger partial charge in [0.2, 0.25) is 5.91 Å². The van der Waals surface area contributed by atoms with Gasteiger partial charge in [0.15, 0.2) is 5.78 Å². The molecule has 392 valence electrons. The average Bonchev–Trinajstić information content (AvgIpc) is 3.95. The quantitative estimate of drug-likeness (QED) is 0.0888. The number of carbonyl (C=O) groups is 2. The normalized spacial score (nSPS) is 49.5. The van der Waals surface area contributed by atoms with Gasteiger partial charge < -0.3 is 55.6 Å². The van der Waals surface area contributed by atoms with Crippen LogP contribution in [0.1, 0.15) is 123 Å². The molecule has 7 fully saturated rings.